The topological polar surface area (TPSA) is 29.9 Å². The maximum absolute atomic E-state index is 4.32. The fraction of sp³-hybridized carbons (Fsp3) is 0.471. The number of rotatable bonds is 5. The van der Waals surface area contributed by atoms with E-state index in [0.717, 1.165) is 17.9 Å². The number of hydrogen-bond donors (Lipinski definition) is 1. The summed E-state index contributed by atoms with van der Waals surface area (Å²) in [5.41, 5.74) is 2.40. The molecule has 0 bridgehead atoms. The first-order chi connectivity index (χ1) is 9.72. The maximum atomic E-state index is 4.32. The minimum Gasteiger partial charge on any atom is -0.366 e. The van der Waals surface area contributed by atoms with Crippen molar-refractivity contribution in [2.45, 2.75) is 46.7 Å². The van der Waals surface area contributed by atoms with Gasteiger partial charge in [-0.1, -0.05) is 52.8 Å². The molecule has 2 unspecified atom stereocenters. The third kappa shape index (κ3) is 4.41. The van der Waals surface area contributed by atoms with Crippen LogP contribution in [0.2, 0.25) is 0 Å². The van der Waals surface area contributed by atoms with Crippen LogP contribution in [0, 0.1) is 5.92 Å². The van der Waals surface area contributed by atoms with E-state index >= 15 is 0 Å². The summed E-state index contributed by atoms with van der Waals surface area (Å²) in [6.07, 6.45) is 14.5. The molecule has 0 fully saturated rings. The minimum atomic E-state index is 0.111. The lowest BCUT2D eigenvalue weighted by Gasteiger charge is -2.20. The van der Waals surface area contributed by atoms with Crippen molar-refractivity contribution in [3.05, 3.63) is 48.5 Å². The van der Waals surface area contributed by atoms with Crippen LogP contribution in [0.15, 0.2) is 42.9 Å². The lowest BCUT2D eigenvalue weighted by Crippen LogP contribution is -2.23. The molecule has 0 aromatic carbocycles. The van der Waals surface area contributed by atoms with Crippen LogP contribution in [0.1, 0.15) is 52.3 Å². The molecule has 2 heterocycles. The molecule has 1 aliphatic heterocycles. The summed E-state index contributed by atoms with van der Waals surface area (Å²) in [6, 6.07) is 0. The Balaban J connectivity index is 0.000000956. The maximum Gasteiger partial charge on any atom is 0.139 e. The standard InChI is InChI=1S/C15H21N3.C2H6/c1-4-12(3)8-14-6-7-15(16-9-14)18-11-13(5-2)10-17-18;1-2/h5-7,9-12,15-16H,2,4,8H2,1,3H3;1-2H3. The van der Waals surface area contributed by atoms with Crippen molar-refractivity contribution < 1.29 is 0 Å². The Labute approximate surface area is 123 Å². The molecule has 3 nitrogen and oxygen atoms in total. The Bertz CT molecular complexity index is 468. The van der Waals surface area contributed by atoms with Gasteiger partial charge in [0.15, 0.2) is 0 Å². The zero-order valence-electron chi connectivity index (χ0n) is 13.1. The summed E-state index contributed by atoms with van der Waals surface area (Å²) in [7, 11) is 0. The van der Waals surface area contributed by atoms with E-state index in [1.54, 1.807) is 6.08 Å². The predicted octanol–water partition coefficient (Wildman–Crippen LogP) is 4.53. The van der Waals surface area contributed by atoms with Gasteiger partial charge in [-0.15, -0.1) is 0 Å². The molecule has 0 radical (unpaired) electrons. The van der Waals surface area contributed by atoms with E-state index in [2.05, 4.69) is 49.2 Å². The van der Waals surface area contributed by atoms with Gasteiger partial charge in [0.2, 0.25) is 0 Å². The molecule has 0 saturated heterocycles. The van der Waals surface area contributed by atoms with Crippen LogP contribution in [0.4, 0.5) is 0 Å². The lowest BCUT2D eigenvalue weighted by molar-refractivity contribution is 0.482. The number of dihydropyridines is 1. The Morgan fingerprint density at radius 3 is 2.75 bits per heavy atom. The molecule has 20 heavy (non-hydrogen) atoms. The number of nitrogens with one attached hydrogen (secondary N) is 1. The Kier molecular flexibility index (Phi) is 6.85. The first-order valence-electron chi connectivity index (χ1n) is 7.52. The fourth-order valence-corrected chi connectivity index (χ4v) is 1.96. The molecule has 0 spiro atoms. The van der Waals surface area contributed by atoms with Gasteiger partial charge in [0.25, 0.3) is 0 Å². The molecule has 1 N–H and O–H groups in total. The van der Waals surface area contributed by atoms with Crippen molar-refractivity contribution in [2.24, 2.45) is 5.92 Å². The number of aromatic nitrogens is 2. The molecule has 1 aliphatic rings. The molecule has 0 aliphatic carbocycles. The van der Waals surface area contributed by atoms with Gasteiger partial charge in [-0.05, 0) is 24.0 Å². The SMILES string of the molecule is C=Cc1cnn(C2C=CC(CC(C)CC)=CN2)c1.CC. The third-order valence-corrected chi connectivity index (χ3v) is 3.36. The molecule has 0 saturated carbocycles. The molecule has 2 rings (SSSR count). The van der Waals surface area contributed by atoms with E-state index < -0.39 is 0 Å². The summed E-state index contributed by atoms with van der Waals surface area (Å²) < 4.78 is 1.91. The lowest BCUT2D eigenvalue weighted by atomic mass is 9.98. The van der Waals surface area contributed by atoms with Crippen LogP contribution in [0.25, 0.3) is 6.08 Å². The molecule has 110 valence electrons. The molecule has 3 heteroatoms. The first-order valence-corrected chi connectivity index (χ1v) is 7.52. The largest absolute Gasteiger partial charge is 0.366 e. The fourth-order valence-electron chi connectivity index (χ4n) is 1.96. The minimum absolute atomic E-state index is 0.111. The van der Waals surface area contributed by atoms with Gasteiger partial charge in [0.05, 0.1) is 6.20 Å². The molecule has 2 atom stereocenters. The third-order valence-electron chi connectivity index (χ3n) is 3.36. The van der Waals surface area contributed by atoms with Crippen LogP contribution in [0.5, 0.6) is 0 Å². The quantitative estimate of drug-likeness (QED) is 0.854. The number of nitrogens with zero attached hydrogens (tertiary/aromatic N) is 2. The Morgan fingerprint density at radius 2 is 2.25 bits per heavy atom. The smallest absolute Gasteiger partial charge is 0.139 e. The summed E-state index contributed by atoms with van der Waals surface area (Å²) in [6.45, 7) is 12.3. The number of allylic oxidation sites excluding steroid dienone is 2. The monoisotopic (exact) mass is 273 g/mol. The van der Waals surface area contributed by atoms with E-state index in [4.69, 9.17) is 0 Å². The van der Waals surface area contributed by atoms with E-state index in [0.29, 0.717) is 0 Å². The van der Waals surface area contributed by atoms with Crippen molar-refractivity contribution in [3.8, 4) is 0 Å². The van der Waals surface area contributed by atoms with Crippen molar-refractivity contribution in [2.75, 3.05) is 0 Å². The summed E-state index contributed by atoms with van der Waals surface area (Å²) >= 11 is 0. The highest BCUT2D eigenvalue weighted by molar-refractivity contribution is 5.43. The molecule has 0 amide bonds. The average molecular weight is 273 g/mol. The molecular weight excluding hydrogens is 246 g/mol. The van der Waals surface area contributed by atoms with E-state index in [9.17, 15) is 0 Å². The second-order valence-electron chi connectivity index (χ2n) is 4.87. The number of hydrogen-bond acceptors (Lipinski definition) is 2. The van der Waals surface area contributed by atoms with Gasteiger partial charge in [-0.2, -0.15) is 5.10 Å². The zero-order valence-corrected chi connectivity index (χ0v) is 13.1. The van der Waals surface area contributed by atoms with Crippen LogP contribution in [-0.4, -0.2) is 9.78 Å². The average Bonchev–Trinajstić information content (AvgIpc) is 2.99. The summed E-state index contributed by atoms with van der Waals surface area (Å²) in [4.78, 5) is 0. The molecule has 1 aromatic heterocycles. The van der Waals surface area contributed by atoms with Crippen LogP contribution >= 0.6 is 0 Å². The second-order valence-corrected chi connectivity index (χ2v) is 4.87. The highest BCUT2D eigenvalue weighted by atomic mass is 15.3. The van der Waals surface area contributed by atoms with Crippen molar-refractivity contribution in [1.29, 1.82) is 0 Å². The normalized spacial score (nSPS) is 18.4. The summed E-state index contributed by atoms with van der Waals surface area (Å²) in [5.74, 6) is 0.733. The summed E-state index contributed by atoms with van der Waals surface area (Å²) in [5, 5.41) is 7.68. The van der Waals surface area contributed by atoms with Crippen LogP contribution in [-0.2, 0) is 0 Å². The Morgan fingerprint density at radius 1 is 1.50 bits per heavy atom. The van der Waals surface area contributed by atoms with E-state index in [1.165, 1.54) is 12.0 Å². The predicted molar refractivity (Wildman–Crippen MR) is 87.1 cm³/mol. The van der Waals surface area contributed by atoms with Gasteiger partial charge in [0.1, 0.15) is 6.17 Å². The van der Waals surface area contributed by atoms with Crippen molar-refractivity contribution >= 4 is 6.08 Å². The highest BCUT2D eigenvalue weighted by Crippen LogP contribution is 2.20. The van der Waals surface area contributed by atoms with Gasteiger partial charge in [-0.25, -0.2) is 4.68 Å². The first kappa shape index (κ1) is 16.3. The Hall–Kier alpha value is -1.77. The van der Waals surface area contributed by atoms with Gasteiger partial charge >= 0.3 is 0 Å². The molecule has 1 aromatic rings. The highest BCUT2D eigenvalue weighted by Gasteiger charge is 2.11. The van der Waals surface area contributed by atoms with Gasteiger partial charge < -0.3 is 5.32 Å². The van der Waals surface area contributed by atoms with Crippen LogP contribution < -0.4 is 5.32 Å². The molecular formula is C17H27N3. The van der Waals surface area contributed by atoms with Crippen LogP contribution in [0.3, 0.4) is 0 Å². The van der Waals surface area contributed by atoms with Crippen molar-refractivity contribution in [1.82, 2.24) is 15.1 Å². The second kappa shape index (κ2) is 8.41. The van der Waals surface area contributed by atoms with Gasteiger partial charge in [-0.3, -0.25) is 0 Å². The zero-order chi connectivity index (χ0) is 15.0. The van der Waals surface area contributed by atoms with Gasteiger partial charge in [0, 0.05) is 18.0 Å². The van der Waals surface area contributed by atoms with E-state index in [-0.39, 0.29) is 6.17 Å². The van der Waals surface area contributed by atoms with Crippen molar-refractivity contribution in [3.63, 3.8) is 0 Å². The van der Waals surface area contributed by atoms with E-state index in [1.807, 2.05) is 30.9 Å².